The molecule has 4 amide bonds. The summed E-state index contributed by atoms with van der Waals surface area (Å²) >= 11 is 0. The van der Waals surface area contributed by atoms with Crippen molar-refractivity contribution in [3.63, 3.8) is 0 Å². The zero-order valence-corrected chi connectivity index (χ0v) is 20.6. The van der Waals surface area contributed by atoms with Crippen LogP contribution in [0.4, 0.5) is 4.79 Å². The molecule has 0 aliphatic carbocycles. The van der Waals surface area contributed by atoms with Gasteiger partial charge in [-0.05, 0) is 43.0 Å². The van der Waals surface area contributed by atoms with Crippen LogP contribution in [0.25, 0.3) is 10.8 Å². The second-order valence-corrected chi connectivity index (χ2v) is 8.89. The largest absolute Gasteiger partial charge is 0.390 e. The van der Waals surface area contributed by atoms with E-state index in [1.165, 1.54) is 0 Å². The monoisotopic (exact) mass is 483 g/mol. The number of nitrogens with one attached hydrogen (secondary N) is 2. The Bertz CT molecular complexity index is 1030. The number of fused-ring (bicyclic) bond motifs is 1. The minimum Gasteiger partial charge on any atom is -0.390 e. The van der Waals surface area contributed by atoms with Crippen LogP contribution in [0, 0.1) is 0 Å². The van der Waals surface area contributed by atoms with Gasteiger partial charge in [-0.3, -0.25) is 9.59 Å². The minimum atomic E-state index is -0.868. The van der Waals surface area contributed by atoms with E-state index in [-0.39, 0.29) is 31.4 Å². The molecule has 0 radical (unpaired) electrons. The Morgan fingerprint density at radius 2 is 1.86 bits per heavy atom. The summed E-state index contributed by atoms with van der Waals surface area (Å²) in [5, 5.41) is 17.5. The zero-order chi connectivity index (χ0) is 25.4. The molecule has 2 aromatic carbocycles. The fourth-order valence-corrected chi connectivity index (χ4v) is 4.45. The third-order valence-electron chi connectivity index (χ3n) is 6.51. The predicted molar refractivity (Wildman–Crippen MR) is 136 cm³/mol. The van der Waals surface area contributed by atoms with Gasteiger partial charge >= 0.3 is 6.03 Å². The second-order valence-electron chi connectivity index (χ2n) is 8.89. The number of likely N-dealkylation sites (tertiary alicyclic amines) is 1. The number of aliphatic hydroxyl groups excluding tert-OH is 1. The van der Waals surface area contributed by atoms with E-state index in [0.29, 0.717) is 26.1 Å². The van der Waals surface area contributed by atoms with E-state index in [0.717, 1.165) is 22.8 Å². The molecule has 1 saturated heterocycles. The quantitative estimate of drug-likeness (QED) is 0.404. The van der Waals surface area contributed by atoms with Gasteiger partial charge in [0, 0.05) is 39.1 Å². The predicted octanol–water partition coefficient (Wildman–Crippen LogP) is 1.23. The third kappa shape index (κ3) is 6.70. The fraction of sp³-hybridized carbons (Fsp3) is 0.500. The number of aliphatic hydroxyl groups is 1. The Morgan fingerprint density at radius 1 is 1.14 bits per heavy atom. The van der Waals surface area contributed by atoms with E-state index in [9.17, 15) is 19.5 Å². The maximum atomic E-state index is 13.3. The molecule has 0 saturated carbocycles. The second kappa shape index (κ2) is 12.5. The van der Waals surface area contributed by atoms with Crippen LogP contribution in [0.1, 0.15) is 32.3 Å². The van der Waals surface area contributed by atoms with Gasteiger partial charge in [0.2, 0.25) is 11.8 Å². The van der Waals surface area contributed by atoms with Gasteiger partial charge in [-0.2, -0.15) is 0 Å². The van der Waals surface area contributed by atoms with Gasteiger partial charge in [-0.1, -0.05) is 42.5 Å². The molecule has 2 aromatic rings. The Balaban J connectivity index is 1.77. The van der Waals surface area contributed by atoms with Gasteiger partial charge in [-0.25, -0.2) is 4.79 Å². The summed E-state index contributed by atoms with van der Waals surface area (Å²) in [6, 6.07) is 12.2. The zero-order valence-electron chi connectivity index (χ0n) is 20.6. The molecule has 1 aliphatic heterocycles. The van der Waals surface area contributed by atoms with Crippen molar-refractivity contribution in [2.75, 3.05) is 32.7 Å². The summed E-state index contributed by atoms with van der Waals surface area (Å²) in [5.41, 5.74) is 6.35. The third-order valence-corrected chi connectivity index (χ3v) is 6.51. The first-order valence-electron chi connectivity index (χ1n) is 12.4. The lowest BCUT2D eigenvalue weighted by molar-refractivity contribution is -0.131. The molecule has 1 fully saturated rings. The highest BCUT2D eigenvalue weighted by Gasteiger charge is 2.37. The number of carbonyl (C=O) groups is 3. The normalized spacial score (nSPS) is 17.1. The van der Waals surface area contributed by atoms with Crippen molar-refractivity contribution in [2.24, 2.45) is 5.73 Å². The minimum absolute atomic E-state index is 0.00454. The lowest BCUT2D eigenvalue weighted by atomic mass is 10.0. The van der Waals surface area contributed by atoms with Crippen LogP contribution >= 0.6 is 0 Å². The summed E-state index contributed by atoms with van der Waals surface area (Å²) < 4.78 is 0. The summed E-state index contributed by atoms with van der Waals surface area (Å²) in [7, 11) is 0. The molecular weight excluding hydrogens is 446 g/mol. The molecular formula is C26H37N5O4. The van der Waals surface area contributed by atoms with E-state index in [1.807, 2.05) is 56.3 Å². The number of urea groups is 1. The molecule has 1 heterocycles. The van der Waals surface area contributed by atoms with Crippen molar-refractivity contribution in [2.45, 2.75) is 51.3 Å². The van der Waals surface area contributed by atoms with E-state index in [1.54, 1.807) is 9.80 Å². The first-order valence-corrected chi connectivity index (χ1v) is 12.4. The molecule has 0 spiro atoms. The van der Waals surface area contributed by atoms with Gasteiger partial charge < -0.3 is 31.3 Å². The van der Waals surface area contributed by atoms with Crippen LogP contribution in [-0.2, 0) is 16.0 Å². The van der Waals surface area contributed by atoms with E-state index in [4.69, 9.17) is 5.73 Å². The number of nitrogens with two attached hydrogens (primary N) is 1. The molecule has 0 bridgehead atoms. The van der Waals surface area contributed by atoms with Crippen LogP contribution in [0.2, 0.25) is 0 Å². The van der Waals surface area contributed by atoms with Crippen molar-refractivity contribution in [3.8, 4) is 0 Å². The van der Waals surface area contributed by atoms with Gasteiger partial charge in [-0.15, -0.1) is 0 Å². The van der Waals surface area contributed by atoms with E-state index in [2.05, 4.69) is 10.6 Å². The van der Waals surface area contributed by atoms with Crippen molar-refractivity contribution < 1.29 is 19.5 Å². The Kier molecular flexibility index (Phi) is 9.45. The molecule has 190 valence electrons. The Hall–Kier alpha value is -3.17. The number of benzene rings is 2. The number of carbonyl (C=O) groups excluding carboxylic acids is 3. The maximum Gasteiger partial charge on any atom is 0.320 e. The number of amides is 4. The van der Waals surface area contributed by atoms with Gasteiger partial charge in [0.1, 0.15) is 12.1 Å². The van der Waals surface area contributed by atoms with Crippen molar-refractivity contribution in [3.05, 3.63) is 48.0 Å². The Labute approximate surface area is 206 Å². The van der Waals surface area contributed by atoms with Crippen LogP contribution in [0.5, 0.6) is 0 Å². The standard InChI is InChI=1S/C26H37N5O4/c1-3-30(4-2)26(35)31-13-7-10-23(31)25(34)29-22(24(33)28-17-21(32)16-27)15-18-11-12-19-8-5-6-9-20(19)14-18/h5-6,8-9,11-12,14,21-23,32H,3-4,7,10,13,15-17,27H2,1-2H3,(H,28,33)(H,29,34). The van der Waals surface area contributed by atoms with Gasteiger partial charge in [0.05, 0.1) is 6.10 Å². The van der Waals surface area contributed by atoms with Crippen molar-refractivity contribution in [1.29, 1.82) is 0 Å². The number of rotatable bonds is 10. The van der Waals surface area contributed by atoms with Gasteiger partial charge in [0.15, 0.2) is 0 Å². The highest BCUT2D eigenvalue weighted by Crippen LogP contribution is 2.21. The molecule has 3 atom stereocenters. The van der Waals surface area contributed by atoms with Crippen molar-refractivity contribution >= 4 is 28.6 Å². The highest BCUT2D eigenvalue weighted by molar-refractivity contribution is 5.92. The maximum absolute atomic E-state index is 13.3. The average Bonchev–Trinajstić information content (AvgIpc) is 3.37. The topological polar surface area (TPSA) is 128 Å². The summed E-state index contributed by atoms with van der Waals surface area (Å²) in [6.07, 6.45) is 0.690. The molecule has 1 aliphatic rings. The number of nitrogens with zero attached hydrogens (tertiary/aromatic N) is 2. The van der Waals surface area contributed by atoms with Crippen LogP contribution in [0.15, 0.2) is 42.5 Å². The summed E-state index contributed by atoms with van der Waals surface area (Å²) in [6.45, 7) is 5.48. The molecule has 9 heteroatoms. The molecule has 9 nitrogen and oxygen atoms in total. The van der Waals surface area contributed by atoms with Gasteiger partial charge in [0.25, 0.3) is 0 Å². The molecule has 5 N–H and O–H groups in total. The molecule has 35 heavy (non-hydrogen) atoms. The Morgan fingerprint density at radius 3 is 2.54 bits per heavy atom. The number of hydrogen-bond donors (Lipinski definition) is 4. The number of hydrogen-bond acceptors (Lipinski definition) is 5. The van der Waals surface area contributed by atoms with Crippen molar-refractivity contribution in [1.82, 2.24) is 20.4 Å². The summed E-state index contributed by atoms with van der Waals surface area (Å²) in [4.78, 5) is 42.5. The SMILES string of the molecule is CCN(CC)C(=O)N1CCCC1C(=O)NC(Cc1ccc2ccccc2c1)C(=O)NCC(O)CN. The molecule has 0 aromatic heterocycles. The fourth-order valence-electron chi connectivity index (χ4n) is 4.45. The van der Waals surface area contributed by atoms with Crippen LogP contribution in [-0.4, -0.2) is 83.7 Å². The van der Waals surface area contributed by atoms with E-state index >= 15 is 0 Å². The lowest BCUT2D eigenvalue weighted by Gasteiger charge is -2.31. The first-order chi connectivity index (χ1) is 16.9. The van der Waals surface area contributed by atoms with Crippen LogP contribution in [0.3, 0.4) is 0 Å². The lowest BCUT2D eigenvalue weighted by Crippen LogP contribution is -2.56. The average molecular weight is 484 g/mol. The first kappa shape index (κ1) is 26.4. The van der Waals surface area contributed by atoms with Crippen LogP contribution < -0.4 is 16.4 Å². The summed E-state index contributed by atoms with van der Waals surface area (Å²) in [5.74, 6) is -0.748. The smallest absolute Gasteiger partial charge is 0.320 e. The molecule has 3 rings (SSSR count). The highest BCUT2D eigenvalue weighted by atomic mass is 16.3. The molecule has 3 unspecified atom stereocenters. The van der Waals surface area contributed by atoms with E-state index < -0.39 is 24.1 Å².